The van der Waals surface area contributed by atoms with Crippen molar-refractivity contribution in [2.24, 2.45) is 0 Å². The largest absolute Gasteiger partial charge is 0.491 e. The lowest BCUT2D eigenvalue weighted by molar-refractivity contribution is -0.122. The van der Waals surface area contributed by atoms with Crippen LogP contribution in [0, 0.1) is 0 Å². The van der Waals surface area contributed by atoms with Crippen LogP contribution in [0.3, 0.4) is 0 Å². The summed E-state index contributed by atoms with van der Waals surface area (Å²) >= 11 is 0. The first-order valence-electron chi connectivity index (χ1n) is 8.65. The molecular formula is C19H28N2O4. The highest BCUT2D eigenvalue weighted by Crippen LogP contribution is 2.18. The van der Waals surface area contributed by atoms with Crippen LogP contribution in [0.2, 0.25) is 0 Å². The topological polar surface area (TPSA) is 67.9 Å². The molecule has 0 aliphatic carbocycles. The fourth-order valence-electron chi connectivity index (χ4n) is 2.65. The second-order valence-electron chi connectivity index (χ2n) is 7.43. The zero-order valence-electron chi connectivity index (χ0n) is 15.5. The molecule has 0 aromatic heterocycles. The van der Waals surface area contributed by atoms with Crippen LogP contribution >= 0.6 is 0 Å². The first kappa shape index (κ1) is 19.2. The quantitative estimate of drug-likeness (QED) is 0.856. The van der Waals surface area contributed by atoms with Gasteiger partial charge in [-0.3, -0.25) is 9.59 Å². The smallest absolute Gasteiger partial charge is 0.254 e. The Hall–Kier alpha value is -2.08. The standard InChI is InChI=1S/C19H28N2O4/c1-19(2,3)20-17(22)12-21(4)18(23)14-7-5-8-15(11-14)25-13-16-9-6-10-24-16/h5,7-8,11,16H,6,9-10,12-13H2,1-4H3,(H,20,22)/t16-/m1/s1. The van der Waals surface area contributed by atoms with Gasteiger partial charge in [0.2, 0.25) is 5.91 Å². The summed E-state index contributed by atoms with van der Waals surface area (Å²) < 4.78 is 11.3. The minimum Gasteiger partial charge on any atom is -0.491 e. The van der Waals surface area contributed by atoms with E-state index in [1.54, 1.807) is 25.2 Å². The number of benzene rings is 1. The van der Waals surface area contributed by atoms with E-state index in [4.69, 9.17) is 9.47 Å². The number of rotatable bonds is 6. The molecule has 1 fully saturated rings. The van der Waals surface area contributed by atoms with Gasteiger partial charge >= 0.3 is 0 Å². The Morgan fingerprint density at radius 1 is 1.36 bits per heavy atom. The molecule has 6 heteroatoms. The maximum absolute atomic E-state index is 12.5. The first-order valence-corrected chi connectivity index (χ1v) is 8.65. The molecule has 1 heterocycles. The molecule has 1 atom stereocenters. The van der Waals surface area contributed by atoms with E-state index in [0.29, 0.717) is 17.9 Å². The van der Waals surface area contributed by atoms with E-state index >= 15 is 0 Å². The highest BCUT2D eigenvalue weighted by atomic mass is 16.5. The highest BCUT2D eigenvalue weighted by Gasteiger charge is 2.20. The molecule has 1 saturated heterocycles. The first-order chi connectivity index (χ1) is 11.7. The van der Waals surface area contributed by atoms with Gasteiger partial charge in [-0.15, -0.1) is 0 Å². The van der Waals surface area contributed by atoms with Crippen LogP contribution in [0.1, 0.15) is 44.0 Å². The Kier molecular flexibility index (Phi) is 6.42. The monoisotopic (exact) mass is 348 g/mol. The van der Waals surface area contributed by atoms with Gasteiger partial charge in [-0.25, -0.2) is 0 Å². The lowest BCUT2D eigenvalue weighted by Gasteiger charge is -2.23. The van der Waals surface area contributed by atoms with E-state index in [1.165, 1.54) is 4.90 Å². The van der Waals surface area contributed by atoms with Crippen LogP contribution in [0.25, 0.3) is 0 Å². The summed E-state index contributed by atoms with van der Waals surface area (Å²) in [4.78, 5) is 25.9. The van der Waals surface area contributed by atoms with E-state index in [1.807, 2.05) is 26.8 Å². The van der Waals surface area contributed by atoms with Crippen molar-refractivity contribution in [3.05, 3.63) is 29.8 Å². The predicted octanol–water partition coefficient (Wildman–Crippen LogP) is 2.23. The molecule has 25 heavy (non-hydrogen) atoms. The van der Waals surface area contributed by atoms with Crippen LogP contribution < -0.4 is 10.1 Å². The van der Waals surface area contributed by atoms with Crippen molar-refractivity contribution < 1.29 is 19.1 Å². The molecule has 1 aromatic carbocycles. The maximum atomic E-state index is 12.5. The van der Waals surface area contributed by atoms with Crippen LogP contribution in [-0.2, 0) is 9.53 Å². The summed E-state index contributed by atoms with van der Waals surface area (Å²) in [5.74, 6) is 0.231. The predicted molar refractivity (Wildman–Crippen MR) is 95.8 cm³/mol. The normalized spacial score (nSPS) is 17.2. The number of carbonyl (C=O) groups excluding carboxylic acids is 2. The summed E-state index contributed by atoms with van der Waals surface area (Å²) in [6, 6.07) is 7.02. The summed E-state index contributed by atoms with van der Waals surface area (Å²) in [6.45, 7) is 7.00. The SMILES string of the molecule is CN(CC(=O)NC(C)(C)C)C(=O)c1cccc(OC[C@H]2CCCO2)c1. The molecule has 0 saturated carbocycles. The fourth-order valence-corrected chi connectivity index (χ4v) is 2.65. The van der Waals surface area contributed by atoms with Crippen molar-refractivity contribution in [3.8, 4) is 5.75 Å². The van der Waals surface area contributed by atoms with Crippen molar-refractivity contribution in [2.75, 3.05) is 26.8 Å². The molecule has 0 unspecified atom stereocenters. The van der Waals surface area contributed by atoms with Crippen LogP contribution in [0.15, 0.2) is 24.3 Å². The molecule has 1 aliphatic rings. The van der Waals surface area contributed by atoms with E-state index < -0.39 is 0 Å². The van der Waals surface area contributed by atoms with Crippen molar-refractivity contribution in [3.63, 3.8) is 0 Å². The van der Waals surface area contributed by atoms with Gasteiger partial charge in [0.1, 0.15) is 12.4 Å². The number of nitrogens with zero attached hydrogens (tertiary/aromatic N) is 1. The van der Waals surface area contributed by atoms with Crippen LogP contribution in [0.4, 0.5) is 0 Å². The van der Waals surface area contributed by atoms with Gasteiger partial charge in [0.05, 0.1) is 12.6 Å². The molecule has 1 N–H and O–H groups in total. The minimum atomic E-state index is -0.322. The van der Waals surface area contributed by atoms with Crippen molar-refractivity contribution in [1.29, 1.82) is 0 Å². The van der Waals surface area contributed by atoms with Crippen molar-refractivity contribution in [1.82, 2.24) is 10.2 Å². The Morgan fingerprint density at radius 2 is 2.12 bits per heavy atom. The number of likely N-dealkylation sites (N-methyl/N-ethyl adjacent to an activating group) is 1. The molecule has 1 aliphatic heterocycles. The number of carbonyl (C=O) groups is 2. The summed E-state index contributed by atoms with van der Waals surface area (Å²) in [5.41, 5.74) is 0.174. The van der Waals surface area contributed by atoms with E-state index in [2.05, 4.69) is 5.32 Å². The maximum Gasteiger partial charge on any atom is 0.254 e. The van der Waals surface area contributed by atoms with Gasteiger partial charge in [-0.2, -0.15) is 0 Å². The molecule has 0 spiro atoms. The summed E-state index contributed by atoms with van der Waals surface area (Å²) in [6.07, 6.45) is 2.20. The van der Waals surface area contributed by atoms with Gasteiger partial charge in [0, 0.05) is 24.8 Å². The number of amides is 2. The lowest BCUT2D eigenvalue weighted by atomic mass is 10.1. The third kappa shape index (κ3) is 6.38. The molecule has 0 radical (unpaired) electrons. The second kappa shape index (κ2) is 8.34. The van der Waals surface area contributed by atoms with Crippen molar-refractivity contribution >= 4 is 11.8 Å². The Balaban J connectivity index is 1.91. The number of nitrogens with one attached hydrogen (secondary N) is 1. The fraction of sp³-hybridized carbons (Fsp3) is 0.579. The van der Waals surface area contributed by atoms with Gasteiger partial charge < -0.3 is 19.7 Å². The molecular weight excluding hydrogens is 320 g/mol. The van der Waals surface area contributed by atoms with Gasteiger partial charge in [0.15, 0.2) is 0 Å². The van der Waals surface area contributed by atoms with Gasteiger partial charge in [0.25, 0.3) is 5.91 Å². The zero-order valence-corrected chi connectivity index (χ0v) is 15.5. The van der Waals surface area contributed by atoms with Gasteiger partial charge in [-0.1, -0.05) is 6.07 Å². The third-order valence-corrected chi connectivity index (χ3v) is 3.78. The average Bonchev–Trinajstić information content (AvgIpc) is 3.04. The Labute approximate surface area is 149 Å². The molecule has 6 nitrogen and oxygen atoms in total. The van der Waals surface area contributed by atoms with E-state index in [9.17, 15) is 9.59 Å². The van der Waals surface area contributed by atoms with Crippen LogP contribution in [0.5, 0.6) is 5.75 Å². The second-order valence-corrected chi connectivity index (χ2v) is 7.43. The number of hydrogen-bond acceptors (Lipinski definition) is 4. The Bertz CT molecular complexity index is 604. The summed E-state index contributed by atoms with van der Waals surface area (Å²) in [7, 11) is 1.62. The number of hydrogen-bond donors (Lipinski definition) is 1. The lowest BCUT2D eigenvalue weighted by Crippen LogP contribution is -2.46. The van der Waals surface area contributed by atoms with E-state index in [0.717, 1.165) is 19.4 Å². The summed E-state index contributed by atoms with van der Waals surface area (Å²) in [5, 5.41) is 2.85. The van der Waals surface area contributed by atoms with Crippen molar-refractivity contribution in [2.45, 2.75) is 45.3 Å². The van der Waals surface area contributed by atoms with E-state index in [-0.39, 0.29) is 30.0 Å². The molecule has 2 amide bonds. The molecule has 138 valence electrons. The molecule has 2 rings (SSSR count). The zero-order chi connectivity index (χ0) is 18.4. The van der Waals surface area contributed by atoms with Gasteiger partial charge in [-0.05, 0) is 51.8 Å². The molecule has 0 bridgehead atoms. The number of ether oxygens (including phenoxy) is 2. The molecule has 1 aromatic rings. The minimum absolute atomic E-state index is 0.0110. The van der Waals surface area contributed by atoms with Crippen LogP contribution in [-0.4, -0.2) is 55.2 Å². The average molecular weight is 348 g/mol. The Morgan fingerprint density at radius 3 is 2.76 bits per heavy atom. The highest BCUT2D eigenvalue weighted by molar-refractivity contribution is 5.96. The third-order valence-electron chi connectivity index (χ3n) is 3.78.